The van der Waals surface area contributed by atoms with Gasteiger partial charge in [-0.1, -0.05) is 0 Å². The van der Waals surface area contributed by atoms with Crippen molar-refractivity contribution in [2.45, 2.75) is 31.8 Å². The van der Waals surface area contributed by atoms with Crippen molar-refractivity contribution in [3.63, 3.8) is 0 Å². The molecular formula is C7H11NO. The van der Waals surface area contributed by atoms with E-state index in [1.807, 2.05) is 0 Å². The first-order valence-electron chi connectivity index (χ1n) is 3.40. The van der Waals surface area contributed by atoms with E-state index in [4.69, 9.17) is 10.4 Å². The van der Waals surface area contributed by atoms with Gasteiger partial charge in [0, 0.05) is 5.92 Å². The third-order valence-electron chi connectivity index (χ3n) is 1.88. The predicted molar refractivity (Wildman–Crippen MR) is 33.6 cm³/mol. The first kappa shape index (κ1) is 6.57. The van der Waals surface area contributed by atoms with Gasteiger partial charge >= 0.3 is 0 Å². The van der Waals surface area contributed by atoms with Gasteiger partial charge in [-0.3, -0.25) is 0 Å². The monoisotopic (exact) mass is 125 g/mol. The molecule has 9 heavy (non-hydrogen) atoms. The second kappa shape index (κ2) is 2.84. The number of nitrogens with zero attached hydrogens (tertiary/aromatic N) is 1. The van der Waals surface area contributed by atoms with Crippen LogP contribution in [0.15, 0.2) is 0 Å². The van der Waals surface area contributed by atoms with Gasteiger partial charge in [0.2, 0.25) is 0 Å². The van der Waals surface area contributed by atoms with Crippen molar-refractivity contribution in [1.29, 1.82) is 5.26 Å². The van der Waals surface area contributed by atoms with E-state index in [9.17, 15) is 0 Å². The Hall–Kier alpha value is -0.550. The van der Waals surface area contributed by atoms with Gasteiger partial charge in [0.15, 0.2) is 0 Å². The third-order valence-corrected chi connectivity index (χ3v) is 1.88. The molecule has 50 valence electrons. The van der Waals surface area contributed by atoms with E-state index in [2.05, 4.69) is 6.07 Å². The summed E-state index contributed by atoms with van der Waals surface area (Å²) in [7, 11) is 0. The average Bonchev–Trinajstić information content (AvgIpc) is 1.90. The van der Waals surface area contributed by atoms with Crippen LogP contribution in [0.4, 0.5) is 0 Å². The second-order valence-electron chi connectivity index (χ2n) is 2.63. The Bertz CT molecular complexity index is 119. The number of hydrogen-bond donors (Lipinski definition) is 1. The standard InChI is InChI=1S/C7H11NO/c8-5-6-1-3-7(9)4-2-6/h6-7,9H,1-4H2/t6-,7+. The Labute approximate surface area is 55.1 Å². The van der Waals surface area contributed by atoms with Crippen LogP contribution in [-0.4, -0.2) is 11.2 Å². The highest BCUT2D eigenvalue weighted by atomic mass is 16.3. The van der Waals surface area contributed by atoms with Crippen molar-refractivity contribution in [3.05, 3.63) is 0 Å². The van der Waals surface area contributed by atoms with Gasteiger partial charge in [-0.15, -0.1) is 0 Å². The van der Waals surface area contributed by atoms with E-state index in [0.29, 0.717) is 0 Å². The highest BCUT2D eigenvalue weighted by Gasteiger charge is 2.17. The third kappa shape index (κ3) is 1.69. The molecule has 2 nitrogen and oxygen atoms in total. The second-order valence-corrected chi connectivity index (χ2v) is 2.63. The van der Waals surface area contributed by atoms with Gasteiger partial charge in [0.05, 0.1) is 12.2 Å². The lowest BCUT2D eigenvalue weighted by Crippen LogP contribution is -2.16. The summed E-state index contributed by atoms with van der Waals surface area (Å²) in [6, 6.07) is 2.21. The zero-order chi connectivity index (χ0) is 6.69. The SMILES string of the molecule is N#C[C@H]1CC[C@@H](O)CC1. The molecule has 0 heterocycles. The van der Waals surface area contributed by atoms with Gasteiger partial charge in [0.1, 0.15) is 0 Å². The van der Waals surface area contributed by atoms with Crippen LogP contribution in [0, 0.1) is 17.2 Å². The molecule has 0 aromatic carbocycles. The molecule has 0 bridgehead atoms. The molecule has 1 fully saturated rings. The largest absolute Gasteiger partial charge is 0.393 e. The predicted octanol–water partition coefficient (Wildman–Crippen LogP) is 1.06. The average molecular weight is 125 g/mol. The summed E-state index contributed by atoms with van der Waals surface area (Å²) in [5.74, 6) is 0.216. The van der Waals surface area contributed by atoms with E-state index in [1.54, 1.807) is 0 Å². The molecule has 0 radical (unpaired) electrons. The normalized spacial score (nSPS) is 35.6. The smallest absolute Gasteiger partial charge is 0.0655 e. The van der Waals surface area contributed by atoms with Crippen molar-refractivity contribution in [2.24, 2.45) is 5.92 Å². The van der Waals surface area contributed by atoms with Crippen molar-refractivity contribution in [3.8, 4) is 6.07 Å². The van der Waals surface area contributed by atoms with Crippen LogP contribution in [0.25, 0.3) is 0 Å². The maximum Gasteiger partial charge on any atom is 0.0655 e. The maximum absolute atomic E-state index is 9.01. The zero-order valence-corrected chi connectivity index (χ0v) is 5.38. The maximum atomic E-state index is 9.01. The number of nitriles is 1. The quantitative estimate of drug-likeness (QED) is 0.526. The van der Waals surface area contributed by atoms with Crippen LogP contribution in [0.3, 0.4) is 0 Å². The van der Waals surface area contributed by atoms with E-state index in [0.717, 1.165) is 25.7 Å². The van der Waals surface area contributed by atoms with E-state index < -0.39 is 0 Å². The van der Waals surface area contributed by atoms with Gasteiger partial charge < -0.3 is 5.11 Å². The summed E-state index contributed by atoms with van der Waals surface area (Å²) < 4.78 is 0. The molecule has 0 spiro atoms. The summed E-state index contributed by atoms with van der Waals surface area (Å²) in [6.45, 7) is 0. The number of aliphatic hydroxyl groups excluding tert-OH is 1. The first-order valence-corrected chi connectivity index (χ1v) is 3.40. The van der Waals surface area contributed by atoms with Crippen LogP contribution in [-0.2, 0) is 0 Å². The fourth-order valence-corrected chi connectivity index (χ4v) is 1.20. The fourth-order valence-electron chi connectivity index (χ4n) is 1.20. The van der Waals surface area contributed by atoms with Crippen LogP contribution in [0.1, 0.15) is 25.7 Å². The topological polar surface area (TPSA) is 44.0 Å². The summed E-state index contributed by atoms with van der Waals surface area (Å²) in [5, 5.41) is 17.5. The minimum Gasteiger partial charge on any atom is -0.393 e. The van der Waals surface area contributed by atoms with Crippen LogP contribution in [0.2, 0.25) is 0 Å². The van der Waals surface area contributed by atoms with Crippen molar-refractivity contribution < 1.29 is 5.11 Å². The molecule has 1 aliphatic rings. The molecular weight excluding hydrogens is 114 g/mol. The highest BCUT2D eigenvalue weighted by molar-refractivity contribution is 4.86. The molecule has 1 rings (SSSR count). The molecule has 0 aromatic heterocycles. The molecule has 1 N–H and O–H groups in total. The Morgan fingerprint density at radius 3 is 2.22 bits per heavy atom. The fraction of sp³-hybridized carbons (Fsp3) is 0.857. The van der Waals surface area contributed by atoms with Gasteiger partial charge in [-0.05, 0) is 25.7 Å². The number of hydrogen-bond acceptors (Lipinski definition) is 2. The van der Waals surface area contributed by atoms with E-state index >= 15 is 0 Å². The van der Waals surface area contributed by atoms with Crippen LogP contribution < -0.4 is 0 Å². The number of aliphatic hydroxyl groups is 1. The van der Waals surface area contributed by atoms with Gasteiger partial charge in [-0.2, -0.15) is 5.26 Å². The molecule has 0 amide bonds. The Morgan fingerprint density at radius 1 is 1.22 bits per heavy atom. The Balaban J connectivity index is 2.28. The lowest BCUT2D eigenvalue weighted by Gasteiger charge is -2.19. The van der Waals surface area contributed by atoms with Crippen molar-refractivity contribution >= 4 is 0 Å². The molecule has 0 aromatic rings. The molecule has 0 atom stereocenters. The van der Waals surface area contributed by atoms with E-state index in [1.165, 1.54) is 0 Å². The molecule has 0 aliphatic heterocycles. The highest BCUT2D eigenvalue weighted by Crippen LogP contribution is 2.22. The summed E-state index contributed by atoms with van der Waals surface area (Å²) in [4.78, 5) is 0. The van der Waals surface area contributed by atoms with Crippen molar-refractivity contribution in [2.75, 3.05) is 0 Å². The first-order chi connectivity index (χ1) is 4.33. The van der Waals surface area contributed by atoms with Gasteiger partial charge in [-0.25, -0.2) is 0 Å². The van der Waals surface area contributed by atoms with Crippen LogP contribution >= 0.6 is 0 Å². The summed E-state index contributed by atoms with van der Waals surface area (Å²) in [5.41, 5.74) is 0. The lowest BCUT2D eigenvalue weighted by molar-refractivity contribution is 0.119. The number of rotatable bonds is 0. The zero-order valence-electron chi connectivity index (χ0n) is 5.38. The van der Waals surface area contributed by atoms with Crippen molar-refractivity contribution in [1.82, 2.24) is 0 Å². The molecule has 1 aliphatic carbocycles. The molecule has 0 saturated heterocycles. The summed E-state index contributed by atoms with van der Waals surface area (Å²) in [6.07, 6.45) is 3.28. The lowest BCUT2D eigenvalue weighted by atomic mass is 9.89. The minimum absolute atomic E-state index is 0.130. The summed E-state index contributed by atoms with van der Waals surface area (Å²) >= 11 is 0. The minimum atomic E-state index is -0.130. The van der Waals surface area contributed by atoms with E-state index in [-0.39, 0.29) is 12.0 Å². The molecule has 1 saturated carbocycles. The molecule has 0 unspecified atom stereocenters. The Kier molecular flexibility index (Phi) is 2.07. The van der Waals surface area contributed by atoms with Gasteiger partial charge in [0.25, 0.3) is 0 Å². The Morgan fingerprint density at radius 2 is 1.78 bits per heavy atom. The van der Waals surface area contributed by atoms with Crippen LogP contribution in [0.5, 0.6) is 0 Å². The molecule has 2 heteroatoms.